The summed E-state index contributed by atoms with van der Waals surface area (Å²) in [6.45, 7) is 5.34. The fourth-order valence-electron chi connectivity index (χ4n) is 4.83. The number of aryl methyl sites for hydroxylation is 1. The fourth-order valence-corrected chi connectivity index (χ4v) is 4.83. The van der Waals surface area contributed by atoms with Gasteiger partial charge in [0.15, 0.2) is 0 Å². The third kappa shape index (κ3) is 4.93. The maximum atomic E-state index is 13.4. The summed E-state index contributed by atoms with van der Waals surface area (Å²) in [7, 11) is 1.62. The van der Waals surface area contributed by atoms with Gasteiger partial charge in [0, 0.05) is 42.4 Å². The molecule has 2 aromatic heterocycles. The summed E-state index contributed by atoms with van der Waals surface area (Å²) in [6, 6.07) is 9.57. The Kier molecular flexibility index (Phi) is 7.50. The van der Waals surface area contributed by atoms with E-state index in [1.807, 2.05) is 44.2 Å². The van der Waals surface area contributed by atoms with Gasteiger partial charge in [0.1, 0.15) is 11.4 Å². The Morgan fingerprint density at radius 3 is 2.76 bits per heavy atom. The number of aromatic nitrogens is 3. The minimum absolute atomic E-state index is 0.0199. The van der Waals surface area contributed by atoms with Gasteiger partial charge in [0.25, 0.3) is 5.56 Å². The fraction of sp³-hybridized carbons (Fsp3) is 0.444. The standard InChI is InChI=1S/C27H34N4O3/c1-4-30-19(2)21(14-15-25(32)28-17-16-20-10-6-5-7-11-20)27(33)31-26(30)18-23(29-31)22-12-8-9-13-24(22)34-3/h8-10,12-13,18H,4-7,11,14-17H2,1-3H3,(H,28,32). The lowest BCUT2D eigenvalue weighted by Gasteiger charge is -2.15. The number of para-hydroxylation sites is 1. The zero-order chi connectivity index (χ0) is 24.1. The monoisotopic (exact) mass is 462 g/mol. The first-order valence-electron chi connectivity index (χ1n) is 12.2. The highest BCUT2D eigenvalue weighted by molar-refractivity contribution is 5.76. The molecule has 1 aliphatic rings. The van der Waals surface area contributed by atoms with Crippen LogP contribution in [0.3, 0.4) is 0 Å². The average Bonchev–Trinajstić information content (AvgIpc) is 3.30. The van der Waals surface area contributed by atoms with Gasteiger partial charge in [-0.05, 0) is 64.5 Å². The molecule has 1 amide bonds. The van der Waals surface area contributed by atoms with E-state index < -0.39 is 0 Å². The first-order chi connectivity index (χ1) is 16.5. The van der Waals surface area contributed by atoms with Crippen LogP contribution in [0.15, 0.2) is 46.8 Å². The number of methoxy groups -OCH3 is 1. The topological polar surface area (TPSA) is 77.6 Å². The second-order valence-corrected chi connectivity index (χ2v) is 8.82. The number of fused-ring (bicyclic) bond motifs is 1. The van der Waals surface area contributed by atoms with Crippen molar-refractivity contribution in [2.45, 2.75) is 65.3 Å². The summed E-state index contributed by atoms with van der Waals surface area (Å²) in [5.74, 6) is 0.688. The van der Waals surface area contributed by atoms with E-state index in [0.29, 0.717) is 36.5 Å². The molecule has 0 saturated heterocycles. The number of benzene rings is 1. The van der Waals surface area contributed by atoms with Gasteiger partial charge in [-0.3, -0.25) is 9.59 Å². The van der Waals surface area contributed by atoms with Crippen LogP contribution in [0.5, 0.6) is 5.75 Å². The SMILES string of the molecule is CCn1c(C)c(CCC(=O)NCCC2=CCCCC2)c(=O)n2nc(-c3ccccc3OC)cc12. The molecule has 0 aliphatic heterocycles. The normalized spacial score (nSPS) is 13.7. The van der Waals surface area contributed by atoms with E-state index in [9.17, 15) is 9.59 Å². The molecule has 0 atom stereocenters. The molecule has 0 bridgehead atoms. The van der Waals surface area contributed by atoms with Crippen LogP contribution in [-0.4, -0.2) is 33.7 Å². The average molecular weight is 463 g/mol. The molecule has 34 heavy (non-hydrogen) atoms. The lowest BCUT2D eigenvalue weighted by atomic mass is 9.97. The van der Waals surface area contributed by atoms with Gasteiger partial charge in [-0.2, -0.15) is 9.61 Å². The van der Waals surface area contributed by atoms with Gasteiger partial charge in [0.2, 0.25) is 5.91 Å². The molecule has 0 radical (unpaired) electrons. The number of ether oxygens (including phenoxy) is 1. The summed E-state index contributed by atoms with van der Waals surface area (Å²) in [5, 5.41) is 7.64. The van der Waals surface area contributed by atoms with Crippen LogP contribution in [0.1, 0.15) is 56.7 Å². The molecular weight excluding hydrogens is 428 g/mol. The maximum absolute atomic E-state index is 13.4. The predicted octanol–water partition coefficient (Wildman–Crippen LogP) is 4.44. The van der Waals surface area contributed by atoms with Crippen molar-refractivity contribution in [1.82, 2.24) is 19.5 Å². The van der Waals surface area contributed by atoms with E-state index in [0.717, 1.165) is 36.2 Å². The van der Waals surface area contributed by atoms with Crippen molar-refractivity contribution < 1.29 is 9.53 Å². The van der Waals surface area contributed by atoms with Crippen molar-refractivity contribution in [1.29, 1.82) is 0 Å². The van der Waals surface area contributed by atoms with Gasteiger partial charge < -0.3 is 14.6 Å². The third-order valence-corrected chi connectivity index (χ3v) is 6.71. The van der Waals surface area contributed by atoms with E-state index in [2.05, 4.69) is 21.1 Å². The Labute approximate surface area is 200 Å². The number of carbonyl (C=O) groups excluding carboxylic acids is 1. The van der Waals surface area contributed by atoms with Gasteiger partial charge in [0.05, 0.1) is 12.8 Å². The van der Waals surface area contributed by atoms with Crippen LogP contribution in [0.2, 0.25) is 0 Å². The molecule has 0 spiro atoms. The molecule has 0 fully saturated rings. The zero-order valence-corrected chi connectivity index (χ0v) is 20.4. The summed E-state index contributed by atoms with van der Waals surface area (Å²) in [4.78, 5) is 25.8. The number of hydrogen-bond acceptors (Lipinski definition) is 4. The number of nitrogens with zero attached hydrogens (tertiary/aromatic N) is 3. The first kappa shape index (κ1) is 23.8. The molecule has 4 rings (SSSR count). The molecule has 1 aromatic carbocycles. The molecule has 2 heterocycles. The van der Waals surface area contributed by atoms with Crippen LogP contribution in [-0.2, 0) is 17.8 Å². The van der Waals surface area contributed by atoms with Crippen molar-refractivity contribution in [2.75, 3.05) is 13.7 Å². The maximum Gasteiger partial charge on any atom is 0.277 e. The highest BCUT2D eigenvalue weighted by atomic mass is 16.5. The minimum atomic E-state index is -0.168. The smallest absolute Gasteiger partial charge is 0.277 e. The van der Waals surface area contributed by atoms with Crippen molar-refractivity contribution in [3.8, 4) is 17.0 Å². The van der Waals surface area contributed by atoms with Crippen molar-refractivity contribution >= 4 is 11.6 Å². The molecule has 3 aromatic rings. The lowest BCUT2D eigenvalue weighted by molar-refractivity contribution is -0.121. The number of nitrogens with one attached hydrogen (secondary N) is 1. The van der Waals surface area contributed by atoms with Gasteiger partial charge in [-0.1, -0.05) is 23.8 Å². The molecule has 0 saturated carbocycles. The molecule has 0 unspecified atom stereocenters. The van der Waals surface area contributed by atoms with Crippen molar-refractivity contribution in [3.63, 3.8) is 0 Å². The molecule has 180 valence electrons. The van der Waals surface area contributed by atoms with E-state index in [4.69, 9.17) is 4.74 Å². The van der Waals surface area contributed by atoms with Crippen LogP contribution in [0.25, 0.3) is 16.9 Å². The minimum Gasteiger partial charge on any atom is -0.496 e. The molecule has 7 nitrogen and oxygen atoms in total. The highest BCUT2D eigenvalue weighted by Gasteiger charge is 2.18. The third-order valence-electron chi connectivity index (χ3n) is 6.71. The second-order valence-electron chi connectivity index (χ2n) is 8.82. The molecule has 1 N–H and O–H groups in total. The molecule has 7 heteroatoms. The predicted molar refractivity (Wildman–Crippen MR) is 134 cm³/mol. The number of hydrogen-bond donors (Lipinski definition) is 1. The summed E-state index contributed by atoms with van der Waals surface area (Å²) >= 11 is 0. The van der Waals surface area contributed by atoms with Crippen LogP contribution in [0.4, 0.5) is 0 Å². The van der Waals surface area contributed by atoms with E-state index in [1.165, 1.54) is 22.9 Å². The van der Waals surface area contributed by atoms with E-state index in [-0.39, 0.29) is 17.9 Å². The Morgan fingerprint density at radius 2 is 2.03 bits per heavy atom. The van der Waals surface area contributed by atoms with Crippen LogP contribution >= 0.6 is 0 Å². The first-order valence-corrected chi connectivity index (χ1v) is 12.2. The van der Waals surface area contributed by atoms with Crippen molar-refractivity contribution in [2.24, 2.45) is 0 Å². The summed E-state index contributed by atoms with van der Waals surface area (Å²) in [5.41, 5.74) is 5.05. The Hall–Kier alpha value is -3.35. The lowest BCUT2D eigenvalue weighted by Crippen LogP contribution is -2.29. The Bertz CT molecular complexity index is 1270. The number of carbonyl (C=O) groups is 1. The van der Waals surface area contributed by atoms with Crippen molar-refractivity contribution in [3.05, 3.63) is 63.6 Å². The van der Waals surface area contributed by atoms with Gasteiger partial charge in [-0.25, -0.2) is 0 Å². The van der Waals surface area contributed by atoms with Crippen LogP contribution < -0.4 is 15.6 Å². The quantitative estimate of drug-likeness (QED) is 0.477. The molecule has 1 aliphatic carbocycles. The second kappa shape index (κ2) is 10.7. The van der Waals surface area contributed by atoms with E-state index >= 15 is 0 Å². The van der Waals surface area contributed by atoms with Gasteiger partial charge >= 0.3 is 0 Å². The van der Waals surface area contributed by atoms with E-state index in [1.54, 1.807) is 7.11 Å². The summed E-state index contributed by atoms with van der Waals surface area (Å²) < 4.78 is 9.02. The molecular formula is C27H34N4O3. The summed E-state index contributed by atoms with van der Waals surface area (Å²) in [6.07, 6.45) is 8.71. The number of rotatable bonds is 9. The van der Waals surface area contributed by atoms with Gasteiger partial charge in [-0.15, -0.1) is 0 Å². The Morgan fingerprint density at radius 1 is 1.21 bits per heavy atom. The van der Waals surface area contributed by atoms with Crippen LogP contribution in [0, 0.1) is 6.92 Å². The zero-order valence-electron chi connectivity index (χ0n) is 20.4. The highest BCUT2D eigenvalue weighted by Crippen LogP contribution is 2.29. The number of amides is 1. The number of allylic oxidation sites excluding steroid dienone is 1. The largest absolute Gasteiger partial charge is 0.496 e. The Balaban J connectivity index is 1.54.